The molecule has 0 saturated carbocycles. The highest BCUT2D eigenvalue weighted by Crippen LogP contribution is 2.22. The number of benzene rings is 1. The van der Waals surface area contributed by atoms with Crippen molar-refractivity contribution in [1.82, 2.24) is 4.90 Å². The fraction of sp³-hybridized carbons (Fsp3) is 0.500. The minimum Gasteiger partial charge on any atom is -0.381 e. The Morgan fingerprint density at radius 1 is 1.48 bits per heavy atom. The van der Waals surface area contributed by atoms with Gasteiger partial charge in [0.15, 0.2) is 0 Å². The molecule has 1 aliphatic rings. The van der Waals surface area contributed by atoms with Gasteiger partial charge in [0.25, 0.3) is 11.6 Å². The summed E-state index contributed by atoms with van der Waals surface area (Å²) in [5.74, 6) is -0.181. The molecule has 0 radical (unpaired) electrons. The van der Waals surface area contributed by atoms with Crippen molar-refractivity contribution in [2.45, 2.75) is 32.2 Å². The fourth-order valence-corrected chi connectivity index (χ4v) is 2.77. The first-order chi connectivity index (χ1) is 11.0. The smallest absolute Gasteiger partial charge is 0.269 e. The van der Waals surface area contributed by atoms with Gasteiger partial charge >= 0.3 is 0 Å². The van der Waals surface area contributed by atoms with Crippen LogP contribution in [0.15, 0.2) is 18.2 Å². The zero-order valence-corrected chi connectivity index (χ0v) is 13.0. The number of non-ortho nitro benzene ring substituents is 1. The van der Waals surface area contributed by atoms with E-state index in [-0.39, 0.29) is 24.1 Å². The zero-order valence-electron chi connectivity index (χ0n) is 13.0. The van der Waals surface area contributed by atoms with Gasteiger partial charge in [0.05, 0.1) is 17.4 Å². The van der Waals surface area contributed by atoms with Crippen molar-refractivity contribution in [2.75, 3.05) is 19.8 Å². The van der Waals surface area contributed by atoms with E-state index in [1.54, 1.807) is 11.8 Å². The van der Waals surface area contributed by atoms with Crippen molar-refractivity contribution >= 4 is 11.6 Å². The van der Waals surface area contributed by atoms with E-state index < -0.39 is 4.92 Å². The Morgan fingerprint density at radius 2 is 2.17 bits per heavy atom. The first-order valence-corrected chi connectivity index (χ1v) is 7.55. The van der Waals surface area contributed by atoms with Crippen molar-refractivity contribution in [1.29, 1.82) is 5.26 Å². The lowest BCUT2D eigenvalue weighted by Gasteiger charge is -2.34. The van der Waals surface area contributed by atoms with Gasteiger partial charge in [-0.15, -0.1) is 0 Å². The van der Waals surface area contributed by atoms with E-state index in [0.717, 1.165) is 12.8 Å². The molecular formula is C16H19N3O4. The molecule has 1 heterocycles. The number of rotatable bonds is 5. The lowest BCUT2D eigenvalue weighted by molar-refractivity contribution is -0.384. The van der Waals surface area contributed by atoms with Crippen LogP contribution in [0.2, 0.25) is 0 Å². The van der Waals surface area contributed by atoms with Gasteiger partial charge in [-0.1, -0.05) is 0 Å². The SMILES string of the molecule is Cc1cc([N+](=O)[O-])ccc1C(=O)N(CCC#N)C1CCOCC1. The minimum atomic E-state index is -0.479. The van der Waals surface area contributed by atoms with Crippen LogP contribution in [0, 0.1) is 28.4 Å². The quantitative estimate of drug-likeness (QED) is 0.614. The molecule has 23 heavy (non-hydrogen) atoms. The van der Waals surface area contributed by atoms with Crippen molar-refractivity contribution in [3.05, 3.63) is 39.4 Å². The van der Waals surface area contributed by atoms with Gasteiger partial charge in [-0.25, -0.2) is 0 Å². The number of aryl methyl sites for hydroxylation is 1. The average molecular weight is 317 g/mol. The van der Waals surface area contributed by atoms with Crippen LogP contribution in [-0.4, -0.2) is 41.5 Å². The van der Waals surface area contributed by atoms with E-state index in [1.807, 2.05) is 0 Å². The van der Waals surface area contributed by atoms with Crippen LogP contribution in [0.4, 0.5) is 5.69 Å². The molecule has 0 N–H and O–H groups in total. The van der Waals surface area contributed by atoms with E-state index in [9.17, 15) is 14.9 Å². The Balaban J connectivity index is 2.25. The highest BCUT2D eigenvalue weighted by Gasteiger charge is 2.27. The summed E-state index contributed by atoms with van der Waals surface area (Å²) in [7, 11) is 0. The molecule has 0 spiro atoms. The molecule has 0 aromatic heterocycles. The first kappa shape index (κ1) is 16.9. The standard InChI is InChI=1S/C16H19N3O4/c1-12-11-14(19(21)22)3-4-15(12)16(20)18(8-2-7-17)13-5-9-23-10-6-13/h3-4,11,13H,2,5-6,8-10H2,1H3. The largest absolute Gasteiger partial charge is 0.381 e. The fourth-order valence-electron chi connectivity index (χ4n) is 2.77. The molecular weight excluding hydrogens is 298 g/mol. The maximum absolute atomic E-state index is 12.9. The van der Waals surface area contributed by atoms with E-state index in [0.29, 0.717) is 30.9 Å². The average Bonchev–Trinajstić information content (AvgIpc) is 2.55. The van der Waals surface area contributed by atoms with Gasteiger partial charge in [0.1, 0.15) is 0 Å². The Kier molecular flexibility index (Phi) is 5.66. The number of nitro benzene ring substituents is 1. The number of amides is 1. The highest BCUT2D eigenvalue weighted by molar-refractivity contribution is 5.96. The van der Waals surface area contributed by atoms with Crippen LogP contribution >= 0.6 is 0 Å². The molecule has 7 heteroatoms. The summed E-state index contributed by atoms with van der Waals surface area (Å²) in [6.45, 7) is 3.24. The van der Waals surface area contributed by atoms with Gasteiger partial charge in [0.2, 0.25) is 0 Å². The van der Waals surface area contributed by atoms with Crippen molar-refractivity contribution in [3.8, 4) is 6.07 Å². The molecule has 7 nitrogen and oxygen atoms in total. The molecule has 0 aliphatic carbocycles. The number of hydrogen-bond donors (Lipinski definition) is 0. The normalized spacial score (nSPS) is 15.0. The van der Waals surface area contributed by atoms with Crippen LogP contribution in [-0.2, 0) is 4.74 Å². The molecule has 2 rings (SSSR count). The number of ether oxygens (including phenoxy) is 1. The van der Waals surface area contributed by atoms with Crippen molar-refractivity contribution < 1.29 is 14.5 Å². The van der Waals surface area contributed by atoms with Crippen molar-refractivity contribution in [3.63, 3.8) is 0 Å². The van der Waals surface area contributed by atoms with Crippen LogP contribution in [0.25, 0.3) is 0 Å². The molecule has 1 aromatic rings. The lowest BCUT2D eigenvalue weighted by atomic mass is 10.0. The first-order valence-electron chi connectivity index (χ1n) is 7.55. The summed E-state index contributed by atoms with van der Waals surface area (Å²) in [4.78, 5) is 24.9. The van der Waals surface area contributed by atoms with Crippen LogP contribution in [0.5, 0.6) is 0 Å². The van der Waals surface area contributed by atoms with Crippen LogP contribution in [0.3, 0.4) is 0 Å². The molecule has 0 unspecified atom stereocenters. The Bertz CT molecular complexity index is 633. The monoisotopic (exact) mass is 317 g/mol. The van der Waals surface area contributed by atoms with Gasteiger partial charge < -0.3 is 9.64 Å². The predicted molar refractivity (Wildman–Crippen MR) is 82.9 cm³/mol. The second-order valence-electron chi connectivity index (χ2n) is 5.51. The zero-order chi connectivity index (χ0) is 16.8. The second kappa shape index (κ2) is 7.70. The third-order valence-electron chi connectivity index (χ3n) is 4.01. The topological polar surface area (TPSA) is 96.5 Å². The van der Waals surface area contributed by atoms with Gasteiger partial charge in [-0.2, -0.15) is 5.26 Å². The van der Waals surface area contributed by atoms with E-state index >= 15 is 0 Å². The summed E-state index contributed by atoms with van der Waals surface area (Å²) in [6, 6.07) is 6.35. The summed E-state index contributed by atoms with van der Waals surface area (Å²) in [5, 5.41) is 19.6. The third kappa shape index (κ3) is 4.05. The summed E-state index contributed by atoms with van der Waals surface area (Å²) in [6.07, 6.45) is 1.74. The van der Waals surface area contributed by atoms with Gasteiger partial charge in [-0.3, -0.25) is 14.9 Å². The predicted octanol–water partition coefficient (Wildman–Crippen LogP) is 2.44. The molecule has 1 aliphatic heterocycles. The molecule has 1 aromatic carbocycles. The number of hydrogen-bond acceptors (Lipinski definition) is 5. The van der Waals surface area contributed by atoms with Gasteiger partial charge in [-0.05, 0) is 31.4 Å². The number of nitro groups is 1. The number of nitrogens with zero attached hydrogens (tertiary/aromatic N) is 3. The Labute approximate surface area is 134 Å². The van der Waals surface area contributed by atoms with Gasteiger partial charge in [0, 0.05) is 43.5 Å². The van der Waals surface area contributed by atoms with Crippen LogP contribution in [0.1, 0.15) is 35.2 Å². The third-order valence-corrected chi connectivity index (χ3v) is 4.01. The highest BCUT2D eigenvalue weighted by atomic mass is 16.6. The molecule has 1 amide bonds. The number of nitriles is 1. The maximum Gasteiger partial charge on any atom is 0.269 e. The second-order valence-corrected chi connectivity index (χ2v) is 5.51. The molecule has 122 valence electrons. The molecule has 1 fully saturated rings. The maximum atomic E-state index is 12.9. The summed E-state index contributed by atoms with van der Waals surface area (Å²) in [5.41, 5.74) is 0.979. The lowest BCUT2D eigenvalue weighted by Crippen LogP contribution is -2.44. The van der Waals surface area contributed by atoms with E-state index in [4.69, 9.17) is 10.00 Å². The Morgan fingerprint density at radius 3 is 2.74 bits per heavy atom. The molecule has 0 atom stereocenters. The minimum absolute atomic E-state index is 0.0336. The van der Waals surface area contributed by atoms with Crippen molar-refractivity contribution in [2.24, 2.45) is 0 Å². The summed E-state index contributed by atoms with van der Waals surface area (Å²) >= 11 is 0. The van der Waals surface area contributed by atoms with E-state index in [2.05, 4.69) is 6.07 Å². The van der Waals surface area contributed by atoms with Crippen LogP contribution < -0.4 is 0 Å². The Hall–Kier alpha value is -2.46. The number of carbonyl (C=O) groups is 1. The number of carbonyl (C=O) groups excluding carboxylic acids is 1. The van der Waals surface area contributed by atoms with E-state index in [1.165, 1.54) is 18.2 Å². The summed E-state index contributed by atoms with van der Waals surface area (Å²) < 4.78 is 5.33. The molecule has 0 bridgehead atoms. The molecule has 1 saturated heterocycles.